The van der Waals surface area contributed by atoms with Gasteiger partial charge in [-0.05, 0) is 37.1 Å². The Hall–Kier alpha value is -2.04. The fourth-order valence-electron chi connectivity index (χ4n) is 3.63. The van der Waals surface area contributed by atoms with Crippen LogP contribution in [0.4, 0.5) is 0 Å². The summed E-state index contributed by atoms with van der Waals surface area (Å²) < 4.78 is 5.69. The van der Waals surface area contributed by atoms with Crippen LogP contribution in [0.2, 0.25) is 0 Å². The summed E-state index contributed by atoms with van der Waals surface area (Å²) in [6.07, 6.45) is 18.9. The summed E-state index contributed by atoms with van der Waals surface area (Å²) in [5.41, 5.74) is 5.51. The molecule has 0 aliphatic rings. The lowest BCUT2D eigenvalue weighted by Gasteiger charge is -2.09. The number of ether oxygens (including phenoxy) is 1. The molecular formula is C27H46N2O3. The van der Waals surface area contributed by atoms with Gasteiger partial charge < -0.3 is 4.74 Å². The van der Waals surface area contributed by atoms with Crippen LogP contribution in [0.3, 0.4) is 0 Å². The molecular weight excluding hydrogens is 400 g/mol. The summed E-state index contributed by atoms with van der Waals surface area (Å²) in [6.45, 7) is 5.13. The molecule has 0 saturated carbocycles. The fourth-order valence-corrected chi connectivity index (χ4v) is 3.63. The molecule has 5 nitrogen and oxygen atoms in total. The first-order valence-electron chi connectivity index (χ1n) is 13.0. The largest absolute Gasteiger partial charge is 0.494 e. The van der Waals surface area contributed by atoms with Gasteiger partial charge in [0, 0.05) is 12.0 Å². The predicted molar refractivity (Wildman–Crippen MR) is 133 cm³/mol. The van der Waals surface area contributed by atoms with Crippen molar-refractivity contribution in [2.45, 2.75) is 117 Å². The quantitative estimate of drug-likeness (QED) is 0.176. The average molecular weight is 447 g/mol. The van der Waals surface area contributed by atoms with E-state index in [1.54, 1.807) is 24.3 Å². The topological polar surface area (TPSA) is 67.4 Å². The lowest BCUT2D eigenvalue weighted by atomic mass is 10.1. The van der Waals surface area contributed by atoms with Crippen LogP contribution in [-0.2, 0) is 4.79 Å². The van der Waals surface area contributed by atoms with E-state index in [2.05, 4.69) is 24.7 Å². The van der Waals surface area contributed by atoms with Crippen LogP contribution in [-0.4, -0.2) is 18.4 Å². The van der Waals surface area contributed by atoms with E-state index in [1.807, 2.05) is 0 Å². The van der Waals surface area contributed by atoms with Crippen molar-refractivity contribution in [3.63, 3.8) is 0 Å². The van der Waals surface area contributed by atoms with Crippen molar-refractivity contribution in [2.75, 3.05) is 6.61 Å². The molecule has 182 valence electrons. The summed E-state index contributed by atoms with van der Waals surface area (Å²) in [5, 5.41) is 0. The third-order valence-electron chi connectivity index (χ3n) is 5.71. The van der Waals surface area contributed by atoms with Crippen molar-refractivity contribution in [3.05, 3.63) is 29.8 Å². The van der Waals surface area contributed by atoms with Crippen molar-refractivity contribution in [1.82, 2.24) is 10.9 Å². The van der Waals surface area contributed by atoms with Crippen molar-refractivity contribution in [3.8, 4) is 5.75 Å². The number of benzene rings is 1. The Morgan fingerprint density at radius 2 is 1.16 bits per heavy atom. The van der Waals surface area contributed by atoms with E-state index >= 15 is 0 Å². The SMILES string of the molecule is CCCCCCCCCCCCCC(=O)NNC(=O)c1ccc(OCCCCCC)cc1. The summed E-state index contributed by atoms with van der Waals surface area (Å²) in [6, 6.07) is 7.02. The minimum Gasteiger partial charge on any atom is -0.494 e. The van der Waals surface area contributed by atoms with Crippen LogP contribution >= 0.6 is 0 Å². The predicted octanol–water partition coefficient (Wildman–Crippen LogP) is 7.11. The molecule has 0 heterocycles. The first-order chi connectivity index (χ1) is 15.7. The first-order valence-corrected chi connectivity index (χ1v) is 13.0. The molecule has 0 aliphatic heterocycles. The minimum absolute atomic E-state index is 0.138. The lowest BCUT2D eigenvalue weighted by molar-refractivity contribution is -0.122. The lowest BCUT2D eigenvalue weighted by Crippen LogP contribution is -2.41. The van der Waals surface area contributed by atoms with Crippen LogP contribution < -0.4 is 15.6 Å². The number of hydrazine groups is 1. The molecule has 0 bridgehead atoms. The number of carbonyl (C=O) groups excluding carboxylic acids is 2. The van der Waals surface area contributed by atoms with Gasteiger partial charge in [-0.1, -0.05) is 97.3 Å². The highest BCUT2D eigenvalue weighted by Gasteiger charge is 2.07. The van der Waals surface area contributed by atoms with Crippen LogP contribution in [0.5, 0.6) is 5.75 Å². The second-order valence-electron chi connectivity index (χ2n) is 8.72. The Morgan fingerprint density at radius 1 is 0.656 bits per heavy atom. The Kier molecular flexibility index (Phi) is 17.2. The standard InChI is InChI=1S/C27H46N2O3/c1-3-5-7-9-10-11-12-13-14-15-16-18-26(30)28-29-27(31)24-19-21-25(22-20-24)32-23-17-8-6-4-2/h19-22H,3-18,23H2,1-2H3,(H,28,30)(H,29,31). The van der Waals surface area contributed by atoms with Crippen LogP contribution in [0.15, 0.2) is 24.3 Å². The van der Waals surface area contributed by atoms with Gasteiger partial charge in [0.05, 0.1) is 6.61 Å². The molecule has 2 N–H and O–H groups in total. The molecule has 0 aromatic heterocycles. The van der Waals surface area contributed by atoms with Gasteiger partial charge >= 0.3 is 0 Å². The highest BCUT2D eigenvalue weighted by atomic mass is 16.5. The van der Waals surface area contributed by atoms with E-state index in [0.717, 1.165) is 25.0 Å². The van der Waals surface area contributed by atoms with Crippen LogP contribution in [0, 0.1) is 0 Å². The van der Waals surface area contributed by atoms with Gasteiger partial charge in [-0.25, -0.2) is 0 Å². The average Bonchev–Trinajstić information content (AvgIpc) is 2.81. The molecule has 32 heavy (non-hydrogen) atoms. The van der Waals surface area contributed by atoms with Crippen LogP contribution in [0.1, 0.15) is 127 Å². The summed E-state index contributed by atoms with van der Waals surface area (Å²) >= 11 is 0. The van der Waals surface area contributed by atoms with E-state index in [1.165, 1.54) is 77.0 Å². The maximum absolute atomic E-state index is 12.2. The normalized spacial score (nSPS) is 10.7. The minimum atomic E-state index is -0.313. The number of unbranched alkanes of at least 4 members (excludes halogenated alkanes) is 13. The number of nitrogens with one attached hydrogen (secondary N) is 2. The van der Waals surface area contributed by atoms with E-state index in [-0.39, 0.29) is 11.8 Å². The van der Waals surface area contributed by atoms with Gasteiger partial charge in [0.15, 0.2) is 0 Å². The Balaban J connectivity index is 2.04. The van der Waals surface area contributed by atoms with E-state index in [9.17, 15) is 9.59 Å². The van der Waals surface area contributed by atoms with Crippen molar-refractivity contribution >= 4 is 11.8 Å². The number of amides is 2. The van der Waals surface area contributed by atoms with Gasteiger partial charge in [-0.2, -0.15) is 0 Å². The highest BCUT2D eigenvalue weighted by Crippen LogP contribution is 2.14. The molecule has 1 aromatic carbocycles. The first kappa shape index (κ1) is 28.0. The summed E-state index contributed by atoms with van der Waals surface area (Å²) in [5.74, 6) is 0.312. The Bertz CT molecular complexity index is 601. The van der Waals surface area contributed by atoms with Crippen LogP contribution in [0.25, 0.3) is 0 Å². The van der Waals surface area contributed by atoms with Gasteiger partial charge in [0.25, 0.3) is 5.91 Å². The van der Waals surface area contributed by atoms with Gasteiger partial charge in [-0.15, -0.1) is 0 Å². The highest BCUT2D eigenvalue weighted by molar-refractivity contribution is 5.95. The maximum Gasteiger partial charge on any atom is 0.269 e. The summed E-state index contributed by atoms with van der Waals surface area (Å²) in [4.78, 5) is 24.1. The molecule has 5 heteroatoms. The molecule has 1 aromatic rings. The van der Waals surface area contributed by atoms with Crippen molar-refractivity contribution < 1.29 is 14.3 Å². The molecule has 0 aliphatic carbocycles. The molecule has 0 atom stereocenters. The Morgan fingerprint density at radius 3 is 1.72 bits per heavy atom. The molecule has 0 fully saturated rings. The molecule has 0 unspecified atom stereocenters. The van der Waals surface area contributed by atoms with E-state index in [0.29, 0.717) is 18.6 Å². The van der Waals surface area contributed by atoms with Gasteiger partial charge in [0.1, 0.15) is 5.75 Å². The van der Waals surface area contributed by atoms with Gasteiger partial charge in [-0.3, -0.25) is 20.4 Å². The Labute approximate surface area is 196 Å². The molecule has 0 spiro atoms. The smallest absolute Gasteiger partial charge is 0.269 e. The summed E-state index contributed by atoms with van der Waals surface area (Å²) in [7, 11) is 0. The van der Waals surface area contributed by atoms with Gasteiger partial charge in [0.2, 0.25) is 5.91 Å². The second-order valence-corrected chi connectivity index (χ2v) is 8.72. The molecule has 0 radical (unpaired) electrons. The van der Waals surface area contributed by atoms with Crippen molar-refractivity contribution in [1.29, 1.82) is 0 Å². The number of hydrogen-bond acceptors (Lipinski definition) is 3. The monoisotopic (exact) mass is 446 g/mol. The number of rotatable bonds is 19. The number of hydrogen-bond donors (Lipinski definition) is 2. The zero-order valence-corrected chi connectivity index (χ0v) is 20.6. The zero-order chi connectivity index (χ0) is 23.3. The zero-order valence-electron chi connectivity index (χ0n) is 20.6. The third kappa shape index (κ3) is 14.9. The molecule has 2 amide bonds. The fraction of sp³-hybridized carbons (Fsp3) is 0.704. The maximum atomic E-state index is 12.2. The second kappa shape index (κ2) is 19.6. The molecule has 0 saturated heterocycles. The third-order valence-corrected chi connectivity index (χ3v) is 5.71. The van der Waals surface area contributed by atoms with E-state index < -0.39 is 0 Å². The van der Waals surface area contributed by atoms with E-state index in [4.69, 9.17) is 4.74 Å². The molecule has 1 rings (SSSR count). The van der Waals surface area contributed by atoms with Crippen molar-refractivity contribution in [2.24, 2.45) is 0 Å². The number of carbonyl (C=O) groups is 2.